The van der Waals surface area contributed by atoms with Crippen molar-refractivity contribution in [3.63, 3.8) is 0 Å². The first kappa shape index (κ1) is 36.4. The maximum absolute atomic E-state index is 13.2. The van der Waals surface area contributed by atoms with Gasteiger partial charge in [-0.15, -0.1) is 0 Å². The molecule has 7 fully saturated rings. The summed E-state index contributed by atoms with van der Waals surface area (Å²) < 4.78 is 13.7. The topological polar surface area (TPSA) is 86.3 Å². The lowest BCUT2D eigenvalue weighted by molar-refractivity contribution is -0.276. The van der Waals surface area contributed by atoms with Crippen LogP contribution in [-0.2, 0) is 22.6 Å². The smallest absolute Gasteiger partial charge is 0.315 e. The van der Waals surface area contributed by atoms with Crippen LogP contribution in [0.1, 0.15) is 106 Å². The van der Waals surface area contributed by atoms with Gasteiger partial charge >= 0.3 is 6.03 Å². The summed E-state index contributed by atoms with van der Waals surface area (Å²) in [4.78, 5) is 18.5. The second-order valence-electron chi connectivity index (χ2n) is 17.9. The van der Waals surface area contributed by atoms with E-state index in [1.165, 1.54) is 64.6 Å². The number of hydrogen-bond acceptors (Lipinski definition) is 6. The van der Waals surface area contributed by atoms with Crippen molar-refractivity contribution >= 4 is 6.03 Å². The molecule has 0 unspecified atom stereocenters. The summed E-state index contributed by atoms with van der Waals surface area (Å²) >= 11 is 0. The van der Waals surface area contributed by atoms with Gasteiger partial charge in [-0.25, -0.2) is 4.79 Å². The zero-order valence-electron chi connectivity index (χ0n) is 32.1. The van der Waals surface area contributed by atoms with Crippen molar-refractivity contribution in [2.45, 2.75) is 114 Å². The predicted octanol–water partition coefficient (Wildman–Crippen LogP) is 7.97. The van der Waals surface area contributed by atoms with Crippen LogP contribution in [0.3, 0.4) is 0 Å². The minimum Gasteiger partial charge on any atom is -0.392 e. The number of ether oxygens (including phenoxy) is 2. The average molecular weight is 733 g/mol. The van der Waals surface area contributed by atoms with E-state index in [1.807, 2.05) is 12.1 Å². The Kier molecular flexibility index (Phi) is 10.6. The molecule has 0 radical (unpaired) electrons. The zero-order valence-corrected chi connectivity index (χ0v) is 32.1. The van der Waals surface area contributed by atoms with Crippen LogP contribution in [0.4, 0.5) is 4.79 Å². The van der Waals surface area contributed by atoms with Crippen molar-refractivity contribution in [3.8, 4) is 11.1 Å². The number of nitrogens with one attached hydrogen (secondary N) is 2. The summed E-state index contributed by atoms with van der Waals surface area (Å²) in [5, 5.41) is 16.3. The third-order valence-electron chi connectivity index (χ3n) is 14.0. The molecular formula is C46H60N4O4. The van der Waals surface area contributed by atoms with Gasteiger partial charge < -0.3 is 30.1 Å². The fourth-order valence-corrected chi connectivity index (χ4v) is 11.6. The Hall–Kier alpha value is -3.27. The van der Waals surface area contributed by atoms with E-state index in [-0.39, 0.29) is 36.3 Å². The van der Waals surface area contributed by atoms with Crippen LogP contribution in [0.2, 0.25) is 0 Å². The summed E-state index contributed by atoms with van der Waals surface area (Å²) in [6.07, 6.45) is 12.2. The number of urea groups is 1. The van der Waals surface area contributed by atoms with Gasteiger partial charge in [-0.2, -0.15) is 0 Å². The fourth-order valence-electron chi connectivity index (χ4n) is 11.6. The van der Waals surface area contributed by atoms with Crippen LogP contribution in [0, 0.1) is 23.7 Å². The molecule has 10 rings (SSSR count). The summed E-state index contributed by atoms with van der Waals surface area (Å²) in [5.41, 5.74) is 6.40. The normalized spacial score (nSPS) is 33.7. The first-order chi connectivity index (χ1) is 26.4. The second-order valence-corrected chi connectivity index (χ2v) is 17.9. The van der Waals surface area contributed by atoms with Crippen molar-refractivity contribution in [1.82, 2.24) is 20.4 Å². The van der Waals surface area contributed by atoms with Gasteiger partial charge in [-0.1, -0.05) is 73.7 Å². The number of hydrogen-bond donors (Lipinski definition) is 3. The van der Waals surface area contributed by atoms with E-state index >= 15 is 0 Å². The van der Waals surface area contributed by atoms with Crippen molar-refractivity contribution in [1.29, 1.82) is 0 Å². The molecule has 2 amide bonds. The Morgan fingerprint density at radius 2 is 1.50 bits per heavy atom. The van der Waals surface area contributed by atoms with Gasteiger partial charge in [0.15, 0.2) is 6.29 Å². The molecule has 7 aliphatic rings. The van der Waals surface area contributed by atoms with Crippen LogP contribution in [0.5, 0.6) is 0 Å². The Morgan fingerprint density at radius 3 is 2.20 bits per heavy atom. The molecule has 0 aromatic heterocycles. The van der Waals surface area contributed by atoms with Gasteiger partial charge in [0, 0.05) is 42.7 Å². The molecule has 54 heavy (non-hydrogen) atoms. The number of rotatable bonds is 11. The lowest BCUT2D eigenvalue weighted by Crippen LogP contribution is -2.61. The van der Waals surface area contributed by atoms with E-state index in [2.05, 4.69) is 88.0 Å². The van der Waals surface area contributed by atoms with E-state index < -0.39 is 6.29 Å². The molecule has 3 heterocycles. The first-order valence-electron chi connectivity index (χ1n) is 21.1. The van der Waals surface area contributed by atoms with Crippen molar-refractivity contribution in [2.24, 2.45) is 23.7 Å². The largest absolute Gasteiger partial charge is 0.392 e. The maximum atomic E-state index is 13.2. The molecule has 3 aliphatic heterocycles. The van der Waals surface area contributed by atoms with Crippen LogP contribution in [-0.4, -0.2) is 71.3 Å². The monoisotopic (exact) mass is 732 g/mol. The quantitative estimate of drug-likeness (QED) is 0.186. The van der Waals surface area contributed by atoms with E-state index in [1.54, 1.807) is 0 Å². The molecule has 4 aliphatic carbocycles. The summed E-state index contributed by atoms with van der Waals surface area (Å²) in [5.74, 6) is 2.58. The number of benzene rings is 3. The predicted molar refractivity (Wildman–Crippen MR) is 211 cm³/mol. The molecule has 3 aromatic carbocycles. The Morgan fingerprint density at radius 1 is 0.796 bits per heavy atom. The molecule has 4 bridgehead atoms. The molecule has 3 aromatic rings. The van der Waals surface area contributed by atoms with Gasteiger partial charge in [-0.05, 0) is 135 Å². The standard InChI is InChI=1S/C46H60N4O4/c1-31-42(29-50-19-5-8-41(50)28-49-17-2-3-18-49)53-44(54-43(31)38-11-9-32(30-51)10-12-38)39-15-13-37(14-16-39)40-7-4-6-33(23-40)27-47-45(52)48-46-24-34-20-35(25-46)22-36(21-34)26-46/h4,6-7,9-16,23,31,34-36,41-44,51H,2-3,5,8,17-22,24-30H2,1H3,(H2,47,48,52)/t31-,34?,35?,36?,41-,42+,43+,44+,46?/m0/s1. The number of aliphatic hydroxyl groups excluding tert-OH is 1. The average Bonchev–Trinajstić information content (AvgIpc) is 3.87. The molecule has 8 nitrogen and oxygen atoms in total. The highest BCUT2D eigenvalue weighted by atomic mass is 16.7. The molecule has 3 saturated heterocycles. The first-order valence-corrected chi connectivity index (χ1v) is 21.1. The van der Waals surface area contributed by atoms with Crippen molar-refractivity contribution < 1.29 is 19.4 Å². The van der Waals surface area contributed by atoms with E-state index in [0.717, 1.165) is 83.5 Å². The second kappa shape index (κ2) is 15.7. The molecule has 288 valence electrons. The van der Waals surface area contributed by atoms with Gasteiger partial charge in [0.05, 0.1) is 18.8 Å². The third-order valence-corrected chi connectivity index (χ3v) is 14.0. The van der Waals surface area contributed by atoms with Gasteiger partial charge in [0.25, 0.3) is 0 Å². The minimum atomic E-state index is -0.481. The van der Waals surface area contributed by atoms with E-state index in [0.29, 0.717) is 12.6 Å². The van der Waals surface area contributed by atoms with E-state index in [4.69, 9.17) is 9.47 Å². The number of carbonyl (C=O) groups excluding carboxylic acids is 1. The number of nitrogens with zero attached hydrogens (tertiary/aromatic N) is 2. The number of likely N-dealkylation sites (tertiary alicyclic amines) is 2. The van der Waals surface area contributed by atoms with Crippen molar-refractivity contribution in [3.05, 3.63) is 95.1 Å². The van der Waals surface area contributed by atoms with E-state index in [9.17, 15) is 9.90 Å². The van der Waals surface area contributed by atoms with Crippen LogP contribution >= 0.6 is 0 Å². The Bertz CT molecular complexity index is 1700. The van der Waals surface area contributed by atoms with Crippen LogP contribution < -0.4 is 10.6 Å². The highest BCUT2D eigenvalue weighted by Gasteiger charge is 2.51. The molecule has 3 N–H and O–H groups in total. The molecular weight excluding hydrogens is 673 g/mol. The van der Waals surface area contributed by atoms with Gasteiger partial charge in [0.2, 0.25) is 0 Å². The van der Waals surface area contributed by atoms with Crippen LogP contribution in [0.15, 0.2) is 72.8 Å². The maximum Gasteiger partial charge on any atom is 0.315 e. The number of carbonyl (C=O) groups is 1. The summed E-state index contributed by atoms with van der Waals surface area (Å²) in [6.45, 7) is 8.48. The molecule has 8 heteroatoms. The third kappa shape index (κ3) is 7.88. The lowest BCUT2D eigenvalue weighted by atomic mass is 9.53. The molecule has 0 spiro atoms. The van der Waals surface area contributed by atoms with Crippen LogP contribution in [0.25, 0.3) is 11.1 Å². The Labute approximate surface area is 322 Å². The zero-order chi connectivity index (χ0) is 36.6. The SMILES string of the molecule is C[C@H]1[C@@H](CN2CCC[C@H]2CN2CCCC2)O[C@@H](c2ccc(-c3cccc(CNC(=O)NC45CC6CC(CC(C6)C4)C5)c3)cc2)O[C@H]1c1ccc(CO)cc1. The summed E-state index contributed by atoms with van der Waals surface area (Å²) in [6, 6.07) is 25.9. The lowest BCUT2D eigenvalue weighted by Gasteiger charge is -2.56. The highest BCUT2D eigenvalue weighted by Crippen LogP contribution is 2.55. The summed E-state index contributed by atoms with van der Waals surface area (Å²) in [7, 11) is 0. The van der Waals surface area contributed by atoms with Crippen molar-refractivity contribution in [2.75, 3.05) is 32.7 Å². The fraction of sp³-hybridized carbons (Fsp3) is 0.587. The minimum absolute atomic E-state index is 0.0146. The molecule has 5 atom stereocenters. The number of aliphatic hydroxyl groups is 1. The Balaban J connectivity index is 0.870. The highest BCUT2D eigenvalue weighted by molar-refractivity contribution is 5.75. The van der Waals surface area contributed by atoms with Gasteiger partial charge in [-0.3, -0.25) is 4.90 Å². The molecule has 4 saturated carbocycles. The number of amides is 2. The van der Waals surface area contributed by atoms with Gasteiger partial charge in [0.1, 0.15) is 0 Å².